The van der Waals surface area contributed by atoms with Crippen LogP contribution in [-0.2, 0) is 4.79 Å². The highest BCUT2D eigenvalue weighted by atomic mass is 19.1. The highest BCUT2D eigenvalue weighted by molar-refractivity contribution is 6.03. The SMILES string of the molecule is COc1ccc(F)c(OC(=O)N2C[C@H](C)N(C(C)=O)c3ccc(C4=C(NNC5CC5)CCCC=C4)cc32)c1. The zero-order chi connectivity index (χ0) is 26.8. The van der Waals surface area contributed by atoms with Crippen molar-refractivity contribution < 1.29 is 23.5 Å². The summed E-state index contributed by atoms with van der Waals surface area (Å²) in [6, 6.07) is 9.93. The smallest absolute Gasteiger partial charge is 0.419 e. The summed E-state index contributed by atoms with van der Waals surface area (Å²) < 4.78 is 25.1. The zero-order valence-electron chi connectivity index (χ0n) is 21.9. The number of anilines is 2. The fourth-order valence-electron chi connectivity index (χ4n) is 4.93. The van der Waals surface area contributed by atoms with Gasteiger partial charge in [0.15, 0.2) is 11.6 Å². The predicted octanol–water partition coefficient (Wildman–Crippen LogP) is 5.30. The van der Waals surface area contributed by atoms with Gasteiger partial charge in [-0.05, 0) is 68.9 Å². The first-order chi connectivity index (χ1) is 18.4. The maximum absolute atomic E-state index is 14.5. The van der Waals surface area contributed by atoms with Crippen molar-refractivity contribution in [3.63, 3.8) is 0 Å². The van der Waals surface area contributed by atoms with E-state index < -0.39 is 11.9 Å². The van der Waals surface area contributed by atoms with Gasteiger partial charge in [-0.1, -0.05) is 18.2 Å². The van der Waals surface area contributed by atoms with Crippen molar-refractivity contribution in [2.45, 2.75) is 58.0 Å². The Labute approximate surface area is 222 Å². The lowest BCUT2D eigenvalue weighted by atomic mass is 9.98. The maximum atomic E-state index is 14.5. The molecule has 1 aliphatic heterocycles. The molecule has 1 heterocycles. The van der Waals surface area contributed by atoms with Crippen LogP contribution in [0.4, 0.5) is 20.6 Å². The Kier molecular flexibility index (Phi) is 7.37. The van der Waals surface area contributed by atoms with Crippen molar-refractivity contribution in [2.24, 2.45) is 0 Å². The van der Waals surface area contributed by atoms with Crippen molar-refractivity contribution in [2.75, 3.05) is 23.5 Å². The van der Waals surface area contributed by atoms with Gasteiger partial charge in [-0.25, -0.2) is 14.6 Å². The van der Waals surface area contributed by atoms with E-state index in [1.807, 2.05) is 25.1 Å². The second-order valence-electron chi connectivity index (χ2n) is 9.95. The molecule has 5 rings (SSSR count). The second-order valence-corrected chi connectivity index (χ2v) is 9.95. The number of methoxy groups -OCH3 is 1. The minimum Gasteiger partial charge on any atom is -0.497 e. The topological polar surface area (TPSA) is 83.1 Å². The van der Waals surface area contributed by atoms with Crippen LogP contribution < -0.4 is 30.1 Å². The average Bonchev–Trinajstić information content (AvgIpc) is 3.75. The molecule has 0 spiro atoms. The molecule has 1 saturated carbocycles. The van der Waals surface area contributed by atoms with Gasteiger partial charge in [-0.2, -0.15) is 0 Å². The van der Waals surface area contributed by atoms with Crippen LogP contribution in [0.5, 0.6) is 11.5 Å². The van der Waals surface area contributed by atoms with Gasteiger partial charge < -0.3 is 19.8 Å². The average molecular weight is 521 g/mol. The monoisotopic (exact) mass is 520 g/mol. The molecule has 0 saturated heterocycles. The fraction of sp³-hybridized carbons (Fsp3) is 0.379. The van der Waals surface area contributed by atoms with Gasteiger partial charge in [0.05, 0.1) is 24.5 Å². The molecule has 0 unspecified atom stereocenters. The van der Waals surface area contributed by atoms with Crippen molar-refractivity contribution >= 4 is 28.9 Å². The molecule has 9 heteroatoms. The lowest BCUT2D eigenvalue weighted by Gasteiger charge is -2.40. The lowest BCUT2D eigenvalue weighted by Crippen LogP contribution is -2.52. The minimum absolute atomic E-state index is 0.122. The van der Waals surface area contributed by atoms with E-state index in [0.29, 0.717) is 23.2 Å². The molecule has 3 aliphatic rings. The van der Waals surface area contributed by atoms with Gasteiger partial charge in [0, 0.05) is 36.8 Å². The van der Waals surface area contributed by atoms with Crippen LogP contribution in [0.15, 0.2) is 54.2 Å². The normalized spacial score (nSPS) is 19.1. The Morgan fingerprint density at radius 1 is 1.11 bits per heavy atom. The number of halogens is 1. The van der Waals surface area contributed by atoms with Crippen molar-refractivity contribution in [1.82, 2.24) is 10.9 Å². The van der Waals surface area contributed by atoms with E-state index in [9.17, 15) is 14.0 Å². The number of hydrazine groups is 1. The van der Waals surface area contributed by atoms with Gasteiger partial charge in [-0.3, -0.25) is 9.69 Å². The van der Waals surface area contributed by atoms with E-state index in [0.717, 1.165) is 48.9 Å². The summed E-state index contributed by atoms with van der Waals surface area (Å²) >= 11 is 0. The number of carbonyl (C=O) groups excluding carboxylic acids is 2. The standard InChI is InChI=1S/C29H33FN4O4/c1-18-17-33(29(36)38-28-16-22(37-3)12-13-24(28)30)27-15-20(9-14-26(27)34(18)19(2)35)23-7-5-4-6-8-25(23)32-31-21-10-11-21/h5,7,9,12-16,18,21,31-32H,4,6,8,10-11,17H2,1-3H3/t18-/m0/s1. The molecular formula is C29H33FN4O4. The van der Waals surface area contributed by atoms with Crippen molar-refractivity contribution in [1.29, 1.82) is 0 Å². The summed E-state index contributed by atoms with van der Waals surface area (Å²) in [6.45, 7) is 3.58. The highest BCUT2D eigenvalue weighted by Gasteiger charge is 2.35. The van der Waals surface area contributed by atoms with Crippen LogP contribution >= 0.6 is 0 Å². The minimum atomic E-state index is -0.732. The number of nitrogens with zero attached hydrogens (tertiary/aromatic N) is 2. The van der Waals surface area contributed by atoms with Crippen LogP contribution in [0.1, 0.15) is 51.5 Å². The van der Waals surface area contributed by atoms with Gasteiger partial charge in [0.25, 0.3) is 0 Å². The number of hydrogen-bond acceptors (Lipinski definition) is 6. The van der Waals surface area contributed by atoms with E-state index in [-0.39, 0.29) is 24.2 Å². The molecule has 200 valence electrons. The van der Waals surface area contributed by atoms with E-state index in [4.69, 9.17) is 9.47 Å². The number of benzene rings is 2. The molecule has 1 fully saturated rings. The van der Waals surface area contributed by atoms with Gasteiger partial charge in [-0.15, -0.1) is 0 Å². The van der Waals surface area contributed by atoms with Gasteiger partial charge >= 0.3 is 6.09 Å². The van der Waals surface area contributed by atoms with Crippen LogP contribution in [0, 0.1) is 5.82 Å². The molecule has 2 N–H and O–H groups in total. The van der Waals surface area contributed by atoms with Gasteiger partial charge in [0.1, 0.15) is 5.75 Å². The summed E-state index contributed by atoms with van der Waals surface area (Å²) in [5.41, 5.74) is 11.0. The number of ether oxygens (including phenoxy) is 2. The number of nitrogens with one attached hydrogen (secondary N) is 2. The Bertz CT molecular complexity index is 1300. The fourth-order valence-corrected chi connectivity index (χ4v) is 4.93. The highest BCUT2D eigenvalue weighted by Crippen LogP contribution is 2.40. The molecule has 1 atom stereocenters. The third-order valence-corrected chi connectivity index (χ3v) is 7.03. The summed E-state index contributed by atoms with van der Waals surface area (Å²) in [4.78, 5) is 29.2. The second kappa shape index (κ2) is 10.9. The third kappa shape index (κ3) is 5.38. The van der Waals surface area contributed by atoms with E-state index in [2.05, 4.69) is 23.0 Å². The van der Waals surface area contributed by atoms with Crippen LogP contribution in [0.2, 0.25) is 0 Å². The number of hydrogen-bond donors (Lipinski definition) is 2. The van der Waals surface area contributed by atoms with E-state index >= 15 is 0 Å². The Hall–Kier alpha value is -3.85. The summed E-state index contributed by atoms with van der Waals surface area (Å²) in [7, 11) is 1.46. The van der Waals surface area contributed by atoms with Crippen LogP contribution in [0.3, 0.4) is 0 Å². The first kappa shape index (κ1) is 25.8. The predicted molar refractivity (Wildman–Crippen MR) is 145 cm³/mol. The molecule has 0 aromatic heterocycles. The zero-order valence-corrected chi connectivity index (χ0v) is 21.9. The molecule has 2 aromatic carbocycles. The molecule has 0 radical (unpaired) electrons. The maximum Gasteiger partial charge on any atom is 0.419 e. The summed E-state index contributed by atoms with van der Waals surface area (Å²) in [5.74, 6) is -0.640. The van der Waals surface area contributed by atoms with Crippen molar-refractivity contribution in [3.8, 4) is 11.5 Å². The lowest BCUT2D eigenvalue weighted by molar-refractivity contribution is -0.117. The van der Waals surface area contributed by atoms with Crippen LogP contribution in [0.25, 0.3) is 5.57 Å². The Morgan fingerprint density at radius 2 is 1.92 bits per heavy atom. The molecule has 38 heavy (non-hydrogen) atoms. The first-order valence-corrected chi connectivity index (χ1v) is 13.0. The number of carbonyl (C=O) groups is 2. The molecule has 2 amide bonds. The number of amides is 2. The molecule has 8 nitrogen and oxygen atoms in total. The van der Waals surface area contributed by atoms with Crippen molar-refractivity contribution in [3.05, 3.63) is 65.6 Å². The first-order valence-electron chi connectivity index (χ1n) is 13.0. The van der Waals surface area contributed by atoms with Crippen LogP contribution in [-0.4, -0.2) is 37.7 Å². The van der Waals surface area contributed by atoms with E-state index in [1.54, 1.807) is 4.90 Å². The number of allylic oxidation sites excluding steroid dienone is 4. The number of rotatable bonds is 6. The summed E-state index contributed by atoms with van der Waals surface area (Å²) in [6.07, 6.45) is 8.74. The number of fused-ring (bicyclic) bond motifs is 1. The molecule has 2 aromatic rings. The largest absolute Gasteiger partial charge is 0.497 e. The summed E-state index contributed by atoms with van der Waals surface area (Å²) in [5, 5.41) is 0. The quantitative estimate of drug-likeness (QED) is 0.503. The Balaban J connectivity index is 1.53. The van der Waals surface area contributed by atoms with E-state index in [1.165, 1.54) is 37.1 Å². The molecular weight excluding hydrogens is 487 g/mol. The molecule has 0 bridgehead atoms. The van der Waals surface area contributed by atoms with Gasteiger partial charge in [0.2, 0.25) is 5.91 Å². The Morgan fingerprint density at radius 3 is 2.66 bits per heavy atom. The molecule has 2 aliphatic carbocycles. The third-order valence-electron chi connectivity index (χ3n) is 7.03.